The Labute approximate surface area is 275 Å². The highest BCUT2D eigenvalue weighted by Gasteiger charge is 2.45. The molecule has 1 saturated heterocycles. The standard InChI is InChI=1S/C31H28ClF5N6O3S/c1-4-24(44)43-15(2)11-41(12-16(43)3)28-19-8-20(31(35,36)37)25(18-9-21(32)23(34)10-22(18)33)27-26(19)42(30(45)40-28)13-17(14-47-27)46-29-38-6-5-7-39-29/h4-10,15-17,30,45H,1,11-14H2,2-3H3/t15-,16+,17-,30?/m0/s1. The van der Waals surface area contributed by atoms with Crippen LogP contribution in [-0.2, 0) is 11.0 Å². The van der Waals surface area contributed by atoms with E-state index in [1.807, 2.05) is 0 Å². The molecule has 1 N–H and O–H groups in total. The maximum absolute atomic E-state index is 15.4. The fourth-order valence-electron chi connectivity index (χ4n) is 6.30. The van der Waals surface area contributed by atoms with E-state index < -0.39 is 52.0 Å². The number of nitrogens with zero attached hydrogens (tertiary/aromatic N) is 6. The van der Waals surface area contributed by atoms with Crippen LogP contribution in [0.25, 0.3) is 11.1 Å². The quantitative estimate of drug-likeness (QED) is 0.215. The van der Waals surface area contributed by atoms with E-state index in [4.69, 9.17) is 16.3 Å². The molecule has 0 radical (unpaired) electrons. The molecule has 3 aromatic rings. The molecule has 9 nitrogen and oxygen atoms in total. The molecular formula is C31H28ClF5N6O3S. The molecule has 3 aliphatic heterocycles. The average molecular weight is 695 g/mol. The molecule has 0 saturated carbocycles. The van der Waals surface area contributed by atoms with Crippen molar-refractivity contribution in [3.05, 3.63) is 77.1 Å². The molecule has 16 heteroatoms. The Balaban J connectivity index is 1.55. The second-order valence-corrected chi connectivity index (χ2v) is 12.8. The Hall–Kier alpha value is -3.95. The molecule has 1 fully saturated rings. The van der Waals surface area contributed by atoms with Gasteiger partial charge in [-0.25, -0.2) is 23.7 Å². The molecule has 47 heavy (non-hydrogen) atoms. The monoisotopic (exact) mass is 694 g/mol. The Morgan fingerprint density at radius 3 is 2.40 bits per heavy atom. The van der Waals surface area contributed by atoms with E-state index in [9.17, 15) is 14.3 Å². The molecule has 2 aromatic carbocycles. The summed E-state index contributed by atoms with van der Waals surface area (Å²) >= 11 is 6.93. The fourth-order valence-corrected chi connectivity index (χ4v) is 7.72. The minimum atomic E-state index is -5.00. The summed E-state index contributed by atoms with van der Waals surface area (Å²) in [6, 6.07) is 2.99. The topological polar surface area (TPSA) is 94.4 Å². The normalized spacial score (nSPS) is 22.7. The first-order valence-electron chi connectivity index (χ1n) is 14.5. The third-order valence-electron chi connectivity index (χ3n) is 8.16. The molecule has 0 bridgehead atoms. The summed E-state index contributed by atoms with van der Waals surface area (Å²) in [4.78, 5) is 29.9. The third kappa shape index (κ3) is 6.11. The van der Waals surface area contributed by atoms with Gasteiger partial charge in [-0.1, -0.05) is 18.2 Å². The number of anilines is 1. The van der Waals surface area contributed by atoms with Gasteiger partial charge < -0.3 is 24.5 Å². The van der Waals surface area contributed by atoms with Gasteiger partial charge in [0.2, 0.25) is 12.3 Å². The maximum Gasteiger partial charge on any atom is 0.417 e. The summed E-state index contributed by atoms with van der Waals surface area (Å²) < 4.78 is 80.6. The van der Waals surface area contributed by atoms with E-state index in [0.717, 1.165) is 23.9 Å². The zero-order chi connectivity index (χ0) is 33.8. The van der Waals surface area contributed by atoms with Gasteiger partial charge >= 0.3 is 12.2 Å². The number of rotatable bonds is 4. The van der Waals surface area contributed by atoms with Gasteiger partial charge in [-0.15, -0.1) is 11.8 Å². The lowest BCUT2D eigenvalue weighted by molar-refractivity contribution is -0.137. The minimum Gasteiger partial charge on any atom is -0.457 e. The van der Waals surface area contributed by atoms with Gasteiger partial charge in [-0.05, 0) is 38.1 Å². The van der Waals surface area contributed by atoms with Crippen molar-refractivity contribution in [2.45, 2.75) is 49.5 Å². The van der Waals surface area contributed by atoms with Gasteiger partial charge in [0.05, 0.1) is 22.8 Å². The summed E-state index contributed by atoms with van der Waals surface area (Å²) in [5.74, 6) is -2.53. The predicted octanol–water partition coefficient (Wildman–Crippen LogP) is 5.60. The van der Waals surface area contributed by atoms with Crippen LogP contribution in [0.3, 0.4) is 0 Å². The van der Waals surface area contributed by atoms with Crippen molar-refractivity contribution in [1.82, 2.24) is 19.8 Å². The van der Waals surface area contributed by atoms with Crippen molar-refractivity contribution in [3.8, 4) is 17.1 Å². The van der Waals surface area contributed by atoms with Crippen molar-refractivity contribution >= 4 is 40.8 Å². The zero-order valence-corrected chi connectivity index (χ0v) is 26.6. The van der Waals surface area contributed by atoms with Crippen LogP contribution < -0.4 is 9.64 Å². The van der Waals surface area contributed by atoms with Crippen LogP contribution in [-0.4, -0.2) is 86.5 Å². The SMILES string of the molecule is C=CC(=O)N1[C@H](C)CN(C2=NC(O)N3C[C@H](Oc4ncccn4)CSc4c(-c5cc(Cl)c(F)cc5F)c(C(F)(F)F)cc2c43)C[C@@H]1C. The van der Waals surface area contributed by atoms with Crippen molar-refractivity contribution in [1.29, 1.82) is 0 Å². The number of amides is 1. The second kappa shape index (κ2) is 12.6. The van der Waals surface area contributed by atoms with Crippen LogP contribution >= 0.6 is 23.4 Å². The number of benzene rings is 2. The number of amidine groups is 1. The van der Waals surface area contributed by atoms with Crippen molar-refractivity contribution in [2.75, 3.05) is 30.3 Å². The number of aliphatic hydroxyl groups excluding tert-OH is 1. The van der Waals surface area contributed by atoms with E-state index in [1.54, 1.807) is 29.7 Å². The Bertz CT molecular complexity index is 1750. The first-order valence-corrected chi connectivity index (χ1v) is 15.9. The molecule has 0 spiro atoms. The number of thioether (sulfide) groups is 1. The van der Waals surface area contributed by atoms with Crippen LogP contribution in [0.4, 0.5) is 27.6 Å². The van der Waals surface area contributed by atoms with Gasteiger partial charge in [0.1, 0.15) is 23.6 Å². The number of carbonyl (C=O) groups excluding carboxylic acids is 1. The maximum atomic E-state index is 15.4. The fraction of sp³-hybridized carbons (Fsp3) is 0.355. The molecular weight excluding hydrogens is 667 g/mol. The van der Waals surface area contributed by atoms with Crippen molar-refractivity contribution in [2.24, 2.45) is 4.99 Å². The molecule has 4 atom stereocenters. The van der Waals surface area contributed by atoms with Gasteiger partial charge in [-0.2, -0.15) is 13.2 Å². The van der Waals surface area contributed by atoms with E-state index in [1.165, 1.54) is 23.4 Å². The van der Waals surface area contributed by atoms with E-state index >= 15 is 17.6 Å². The number of aliphatic imine (C=N–C) groups is 1. The smallest absolute Gasteiger partial charge is 0.417 e. The molecule has 1 unspecified atom stereocenters. The van der Waals surface area contributed by atoms with Crippen molar-refractivity contribution < 1.29 is 36.6 Å². The highest BCUT2D eigenvalue weighted by atomic mass is 35.5. The summed E-state index contributed by atoms with van der Waals surface area (Å²) in [6.45, 7) is 7.50. The number of piperazine rings is 1. The summed E-state index contributed by atoms with van der Waals surface area (Å²) in [5.41, 5.74) is -2.10. The molecule has 3 aliphatic rings. The Morgan fingerprint density at radius 2 is 1.77 bits per heavy atom. The number of carbonyl (C=O) groups is 1. The first kappa shape index (κ1) is 33.0. The largest absolute Gasteiger partial charge is 0.457 e. The lowest BCUT2D eigenvalue weighted by atomic mass is 9.92. The molecule has 248 valence electrons. The number of halogens is 6. The summed E-state index contributed by atoms with van der Waals surface area (Å²) in [6.07, 6.45) is -3.21. The van der Waals surface area contributed by atoms with E-state index in [-0.39, 0.29) is 71.4 Å². The summed E-state index contributed by atoms with van der Waals surface area (Å²) in [7, 11) is 0. The molecule has 1 amide bonds. The average Bonchev–Trinajstić information content (AvgIpc) is 3.20. The zero-order valence-electron chi connectivity index (χ0n) is 25.0. The van der Waals surface area contributed by atoms with Crippen LogP contribution in [0.1, 0.15) is 25.0 Å². The van der Waals surface area contributed by atoms with Gasteiger partial charge in [-0.3, -0.25) is 4.79 Å². The highest BCUT2D eigenvalue weighted by molar-refractivity contribution is 7.99. The second-order valence-electron chi connectivity index (χ2n) is 11.4. The Kier molecular flexibility index (Phi) is 8.82. The number of aromatic nitrogens is 2. The molecule has 4 heterocycles. The third-order valence-corrected chi connectivity index (χ3v) is 9.67. The molecule has 0 aliphatic carbocycles. The van der Waals surface area contributed by atoms with E-state index in [0.29, 0.717) is 6.07 Å². The van der Waals surface area contributed by atoms with Crippen LogP contribution in [0.2, 0.25) is 5.02 Å². The molecule has 6 rings (SSSR count). The highest BCUT2D eigenvalue weighted by Crippen LogP contribution is 2.52. The first-order chi connectivity index (χ1) is 22.3. The van der Waals surface area contributed by atoms with Crippen LogP contribution in [0.5, 0.6) is 6.01 Å². The van der Waals surface area contributed by atoms with Gasteiger partial charge in [0, 0.05) is 71.0 Å². The number of ether oxygens (including phenoxy) is 1. The molecule has 1 aromatic heterocycles. The lowest BCUT2D eigenvalue weighted by Crippen LogP contribution is -2.60. The minimum absolute atomic E-state index is 0.0162. The van der Waals surface area contributed by atoms with E-state index in [2.05, 4.69) is 21.5 Å². The number of hydrogen-bond donors (Lipinski definition) is 1. The lowest BCUT2D eigenvalue weighted by Gasteiger charge is -2.47. The predicted molar refractivity (Wildman–Crippen MR) is 166 cm³/mol. The van der Waals surface area contributed by atoms with Crippen LogP contribution in [0.15, 0.2) is 59.2 Å². The van der Waals surface area contributed by atoms with Crippen LogP contribution in [0, 0.1) is 11.6 Å². The number of aliphatic hydroxyl groups is 1. The van der Waals surface area contributed by atoms with Gasteiger partial charge in [0.25, 0.3) is 0 Å². The Morgan fingerprint density at radius 1 is 1.09 bits per heavy atom. The number of hydrogen-bond acceptors (Lipinski definition) is 9. The van der Waals surface area contributed by atoms with Gasteiger partial charge in [0.15, 0.2) is 0 Å². The number of alkyl halides is 3. The van der Waals surface area contributed by atoms with Crippen molar-refractivity contribution in [3.63, 3.8) is 0 Å². The summed E-state index contributed by atoms with van der Waals surface area (Å²) in [5, 5.41) is 10.9.